The number of aromatic nitrogens is 3. The molecule has 2 aromatic rings. The fourth-order valence-electron chi connectivity index (χ4n) is 2.56. The van der Waals surface area contributed by atoms with Crippen LogP contribution in [0.5, 0.6) is 0 Å². The van der Waals surface area contributed by atoms with Gasteiger partial charge in [0.05, 0.1) is 0 Å². The fraction of sp³-hybridized carbons (Fsp3) is 0.375. The van der Waals surface area contributed by atoms with Crippen LogP contribution in [0.1, 0.15) is 37.6 Å². The lowest BCUT2D eigenvalue weighted by atomic mass is 9.82. The minimum Gasteiger partial charge on any atom is -0.368 e. The molecule has 0 aliphatic heterocycles. The van der Waals surface area contributed by atoms with E-state index in [2.05, 4.69) is 15.5 Å². The Labute approximate surface area is 134 Å². The third kappa shape index (κ3) is 3.23. The normalized spacial score (nSPS) is 13.6. The van der Waals surface area contributed by atoms with Crippen molar-refractivity contribution in [3.8, 4) is 5.69 Å². The molecule has 0 spiro atoms. The van der Waals surface area contributed by atoms with Crippen molar-refractivity contribution in [2.45, 2.75) is 32.7 Å². The van der Waals surface area contributed by atoms with Gasteiger partial charge in [0.25, 0.3) is 5.91 Å². The van der Waals surface area contributed by atoms with Crippen LogP contribution < -0.4 is 11.1 Å². The maximum Gasteiger partial charge on any atom is 0.252 e. The van der Waals surface area contributed by atoms with Crippen molar-refractivity contribution in [3.63, 3.8) is 0 Å². The number of benzene rings is 1. The Morgan fingerprint density at radius 1 is 1.22 bits per heavy atom. The first-order chi connectivity index (χ1) is 10.9. The molecule has 1 heterocycles. The first kappa shape index (κ1) is 16.7. The maximum atomic E-state index is 12.5. The number of hydrogen-bond donors (Lipinski definition) is 2. The largest absolute Gasteiger partial charge is 0.368 e. The zero-order chi connectivity index (χ0) is 17.0. The molecule has 2 rings (SSSR count). The number of nitrogens with one attached hydrogen (secondary N) is 1. The number of nitrogens with zero attached hydrogens (tertiary/aromatic N) is 3. The lowest BCUT2D eigenvalue weighted by Crippen LogP contribution is -2.60. The van der Waals surface area contributed by atoms with Gasteiger partial charge in [0.1, 0.15) is 18.2 Å². The van der Waals surface area contributed by atoms with Crippen LogP contribution in [0.4, 0.5) is 0 Å². The van der Waals surface area contributed by atoms with Crippen LogP contribution in [0.3, 0.4) is 0 Å². The Morgan fingerprint density at radius 2 is 1.78 bits per heavy atom. The van der Waals surface area contributed by atoms with Crippen LogP contribution in [-0.2, 0) is 4.79 Å². The first-order valence-electron chi connectivity index (χ1n) is 7.48. The predicted octanol–water partition coefficient (Wildman–Crippen LogP) is 1.29. The summed E-state index contributed by atoms with van der Waals surface area (Å²) in [6.07, 6.45) is 3.58. The van der Waals surface area contributed by atoms with Crippen molar-refractivity contribution < 1.29 is 9.59 Å². The molecule has 23 heavy (non-hydrogen) atoms. The molecular formula is C16H21N5O2. The number of nitrogens with two attached hydrogens (primary N) is 1. The molecule has 0 fully saturated rings. The van der Waals surface area contributed by atoms with Gasteiger partial charge in [-0.3, -0.25) is 14.2 Å². The van der Waals surface area contributed by atoms with Crippen molar-refractivity contribution in [1.29, 1.82) is 0 Å². The minimum absolute atomic E-state index is 0.106. The van der Waals surface area contributed by atoms with E-state index in [1.807, 2.05) is 20.8 Å². The lowest BCUT2D eigenvalue weighted by Gasteiger charge is -2.34. The molecule has 7 heteroatoms. The van der Waals surface area contributed by atoms with E-state index in [4.69, 9.17) is 5.73 Å². The highest BCUT2D eigenvalue weighted by molar-refractivity contribution is 5.99. The van der Waals surface area contributed by atoms with Crippen LogP contribution in [0, 0.1) is 5.92 Å². The van der Waals surface area contributed by atoms with Gasteiger partial charge in [0.15, 0.2) is 0 Å². The highest BCUT2D eigenvalue weighted by Gasteiger charge is 2.39. The quantitative estimate of drug-likeness (QED) is 0.838. The highest BCUT2D eigenvalue weighted by Crippen LogP contribution is 2.22. The fourth-order valence-corrected chi connectivity index (χ4v) is 2.56. The molecule has 1 aromatic heterocycles. The molecule has 0 saturated heterocycles. The molecule has 3 N–H and O–H groups in total. The van der Waals surface area contributed by atoms with Gasteiger partial charge >= 0.3 is 0 Å². The van der Waals surface area contributed by atoms with Crippen molar-refractivity contribution in [2.75, 3.05) is 0 Å². The summed E-state index contributed by atoms with van der Waals surface area (Å²) in [6, 6.07) is 6.94. The average molecular weight is 315 g/mol. The van der Waals surface area contributed by atoms with Crippen LogP contribution in [0.15, 0.2) is 36.9 Å². The standard InChI is InChI=1S/C16H21N5O2/c1-4-16(11(2)3,15(17)23)20-14(22)12-5-7-13(8-6-12)21-9-18-19-10-21/h5-11H,4H2,1-3H3,(H2,17,23)(H,20,22). The van der Waals surface area contributed by atoms with Gasteiger partial charge in [-0.05, 0) is 36.6 Å². The van der Waals surface area contributed by atoms with Gasteiger partial charge in [-0.25, -0.2) is 0 Å². The molecule has 0 bridgehead atoms. The molecule has 0 saturated carbocycles. The summed E-state index contributed by atoms with van der Waals surface area (Å²) in [5.41, 5.74) is 5.78. The van der Waals surface area contributed by atoms with Crippen molar-refractivity contribution in [2.24, 2.45) is 11.7 Å². The molecule has 0 radical (unpaired) electrons. The van der Waals surface area contributed by atoms with Gasteiger partial charge < -0.3 is 11.1 Å². The van der Waals surface area contributed by atoms with Gasteiger partial charge in [0.2, 0.25) is 5.91 Å². The summed E-state index contributed by atoms with van der Waals surface area (Å²) in [5.74, 6) is -0.954. The SMILES string of the molecule is CCC(NC(=O)c1ccc(-n2cnnc2)cc1)(C(N)=O)C(C)C. The van der Waals surface area contributed by atoms with Gasteiger partial charge in [0, 0.05) is 11.3 Å². The summed E-state index contributed by atoms with van der Waals surface area (Å²) < 4.78 is 1.73. The second-order valence-corrected chi connectivity index (χ2v) is 5.71. The lowest BCUT2D eigenvalue weighted by molar-refractivity contribution is -0.126. The van der Waals surface area contributed by atoms with E-state index in [-0.39, 0.29) is 11.8 Å². The van der Waals surface area contributed by atoms with E-state index >= 15 is 0 Å². The van der Waals surface area contributed by atoms with Gasteiger partial charge in [-0.1, -0.05) is 20.8 Å². The summed E-state index contributed by atoms with van der Waals surface area (Å²) in [6.45, 7) is 5.56. The number of primary amides is 1. The summed E-state index contributed by atoms with van der Waals surface area (Å²) >= 11 is 0. The van der Waals surface area contributed by atoms with Gasteiger partial charge in [-0.15, -0.1) is 10.2 Å². The van der Waals surface area contributed by atoms with Gasteiger partial charge in [-0.2, -0.15) is 0 Å². The van der Waals surface area contributed by atoms with E-state index in [0.29, 0.717) is 12.0 Å². The predicted molar refractivity (Wildman–Crippen MR) is 85.9 cm³/mol. The molecular weight excluding hydrogens is 294 g/mol. The smallest absolute Gasteiger partial charge is 0.252 e. The Bertz CT molecular complexity index is 679. The molecule has 0 aliphatic carbocycles. The van der Waals surface area contributed by atoms with Crippen molar-refractivity contribution >= 4 is 11.8 Å². The molecule has 122 valence electrons. The summed E-state index contributed by atoms with van der Waals surface area (Å²) in [7, 11) is 0. The Morgan fingerprint density at radius 3 is 2.22 bits per heavy atom. The van der Waals surface area contributed by atoms with Crippen molar-refractivity contribution in [1.82, 2.24) is 20.1 Å². The van der Waals surface area contributed by atoms with Crippen LogP contribution in [0.2, 0.25) is 0 Å². The third-order valence-electron chi connectivity index (χ3n) is 4.17. The number of carbonyl (C=O) groups is 2. The van der Waals surface area contributed by atoms with E-state index in [1.54, 1.807) is 41.5 Å². The summed E-state index contributed by atoms with van der Waals surface area (Å²) in [4.78, 5) is 24.3. The zero-order valence-corrected chi connectivity index (χ0v) is 13.5. The van der Waals surface area contributed by atoms with Crippen molar-refractivity contribution in [3.05, 3.63) is 42.5 Å². The minimum atomic E-state index is -1.05. The third-order valence-corrected chi connectivity index (χ3v) is 4.17. The molecule has 0 aliphatic rings. The first-order valence-corrected chi connectivity index (χ1v) is 7.48. The monoisotopic (exact) mass is 315 g/mol. The highest BCUT2D eigenvalue weighted by atomic mass is 16.2. The molecule has 7 nitrogen and oxygen atoms in total. The van der Waals surface area contributed by atoms with E-state index < -0.39 is 11.4 Å². The maximum absolute atomic E-state index is 12.5. The Kier molecular flexibility index (Phi) is 4.78. The van der Waals surface area contributed by atoms with E-state index in [9.17, 15) is 9.59 Å². The van der Waals surface area contributed by atoms with Crippen LogP contribution >= 0.6 is 0 Å². The molecule has 1 unspecified atom stereocenters. The molecule has 1 aromatic carbocycles. The molecule has 2 amide bonds. The second kappa shape index (κ2) is 6.60. The van der Waals surface area contributed by atoms with E-state index in [1.165, 1.54) is 0 Å². The van der Waals surface area contributed by atoms with E-state index in [0.717, 1.165) is 5.69 Å². The number of amides is 2. The Balaban J connectivity index is 2.21. The van der Waals surface area contributed by atoms with Crippen LogP contribution in [0.25, 0.3) is 5.69 Å². The second-order valence-electron chi connectivity index (χ2n) is 5.71. The molecule has 1 atom stereocenters. The average Bonchev–Trinajstić information content (AvgIpc) is 3.06. The Hall–Kier alpha value is -2.70. The number of hydrogen-bond acceptors (Lipinski definition) is 4. The van der Waals surface area contributed by atoms with Crippen LogP contribution in [-0.4, -0.2) is 32.1 Å². The topological polar surface area (TPSA) is 103 Å². The summed E-state index contributed by atoms with van der Waals surface area (Å²) in [5, 5.41) is 10.3. The number of carbonyl (C=O) groups excluding carboxylic acids is 2. The number of rotatable bonds is 6. The zero-order valence-electron chi connectivity index (χ0n) is 13.5.